The van der Waals surface area contributed by atoms with Crippen LogP contribution in [0.2, 0.25) is 0 Å². The molecule has 6 rings (SSSR count). The molecule has 0 aromatic heterocycles. The van der Waals surface area contributed by atoms with Crippen LogP contribution in [0.15, 0.2) is 48.5 Å². The molecule has 1 amide bonds. The standard InChI is InChI=1S/C39H46F6N4O5/c1-53-32-13-12-26(23-47-18-20-49(21-19-47)27-7-4-8-27)34(54-2)33(32)30-11-5-9-28-25(6-3-10-29(28)30)22-31(35(50)51)46-36(52)37(39(43,44)45)14-16-48(17-15-37)24-38(40,41)42/h3,5-6,9-13,27,31H,4,7-8,14-24H2,1-2H3,(H,46,52)(H,50,51)/t31-/m0/s1. The molecular weight excluding hydrogens is 718 g/mol. The first-order chi connectivity index (χ1) is 25.6. The highest BCUT2D eigenvalue weighted by molar-refractivity contribution is 6.01. The number of methoxy groups -OCH3 is 2. The molecule has 2 aliphatic heterocycles. The van der Waals surface area contributed by atoms with E-state index in [0.29, 0.717) is 46.0 Å². The van der Waals surface area contributed by atoms with Crippen molar-refractivity contribution in [2.75, 3.05) is 60.0 Å². The average Bonchev–Trinajstić information content (AvgIpc) is 3.10. The smallest absolute Gasteiger partial charge is 0.403 e. The summed E-state index contributed by atoms with van der Waals surface area (Å²) in [6, 6.07) is 13.5. The molecule has 1 atom stereocenters. The van der Waals surface area contributed by atoms with Crippen LogP contribution < -0.4 is 14.8 Å². The van der Waals surface area contributed by atoms with Gasteiger partial charge < -0.3 is 19.9 Å². The number of carbonyl (C=O) groups is 2. The highest BCUT2D eigenvalue weighted by atomic mass is 19.4. The number of carboxylic acid groups (broad SMARTS) is 1. The topological polar surface area (TPSA) is 94.6 Å². The van der Waals surface area contributed by atoms with Gasteiger partial charge >= 0.3 is 18.3 Å². The van der Waals surface area contributed by atoms with E-state index in [0.717, 1.165) is 42.2 Å². The largest absolute Gasteiger partial charge is 0.496 e. The molecule has 294 valence electrons. The summed E-state index contributed by atoms with van der Waals surface area (Å²) in [4.78, 5) is 31.6. The number of aliphatic carboxylic acids is 1. The lowest BCUT2D eigenvalue weighted by Crippen LogP contribution is -2.59. The number of benzene rings is 3. The van der Waals surface area contributed by atoms with E-state index in [1.807, 2.05) is 24.3 Å². The first-order valence-corrected chi connectivity index (χ1v) is 18.2. The van der Waals surface area contributed by atoms with Crippen molar-refractivity contribution in [2.24, 2.45) is 5.41 Å². The summed E-state index contributed by atoms with van der Waals surface area (Å²) in [6.07, 6.45) is -8.11. The number of hydrogen-bond donors (Lipinski definition) is 2. The third-order valence-electron chi connectivity index (χ3n) is 11.4. The molecule has 0 unspecified atom stereocenters. The maximum absolute atomic E-state index is 14.5. The third kappa shape index (κ3) is 8.27. The van der Waals surface area contributed by atoms with Gasteiger partial charge in [-0.2, -0.15) is 26.3 Å². The lowest BCUT2D eigenvalue weighted by molar-refractivity contribution is -0.236. The van der Waals surface area contributed by atoms with Crippen molar-refractivity contribution in [3.63, 3.8) is 0 Å². The van der Waals surface area contributed by atoms with Crippen LogP contribution in [0.5, 0.6) is 11.5 Å². The highest BCUT2D eigenvalue weighted by Crippen LogP contribution is 2.48. The number of alkyl halides is 6. The zero-order valence-electron chi connectivity index (χ0n) is 30.4. The number of piperazine rings is 1. The van der Waals surface area contributed by atoms with Gasteiger partial charge in [-0.25, -0.2) is 4.79 Å². The number of rotatable bonds is 12. The first-order valence-electron chi connectivity index (χ1n) is 18.2. The number of fused-ring (bicyclic) bond motifs is 1. The van der Waals surface area contributed by atoms with E-state index in [1.165, 1.54) is 19.3 Å². The number of nitrogens with zero attached hydrogens (tertiary/aromatic N) is 3. The molecule has 2 N–H and O–H groups in total. The lowest BCUT2D eigenvalue weighted by Gasteiger charge is -2.43. The molecule has 3 aromatic carbocycles. The SMILES string of the molecule is COc1ccc(CN2CCN(C3CCC3)CC2)c(OC)c1-c1cccc2c(C[C@H](NC(=O)C3(C(F)(F)F)CCN(CC(F)(F)F)CC3)C(=O)O)cccc12. The Balaban J connectivity index is 1.26. The molecule has 3 aliphatic rings. The van der Waals surface area contributed by atoms with Crippen molar-refractivity contribution in [3.8, 4) is 22.6 Å². The molecule has 2 heterocycles. The van der Waals surface area contributed by atoms with Crippen LogP contribution in [0.4, 0.5) is 26.3 Å². The molecule has 15 heteroatoms. The molecule has 54 heavy (non-hydrogen) atoms. The maximum Gasteiger partial charge on any atom is 0.403 e. The summed E-state index contributed by atoms with van der Waals surface area (Å²) in [5, 5.41) is 13.6. The quantitative estimate of drug-likeness (QED) is 0.202. The van der Waals surface area contributed by atoms with Crippen LogP contribution in [0.1, 0.15) is 43.2 Å². The number of likely N-dealkylation sites (tertiary alicyclic amines) is 1. The Morgan fingerprint density at radius 2 is 1.52 bits per heavy atom. The van der Waals surface area contributed by atoms with Gasteiger partial charge in [0, 0.05) is 50.7 Å². The van der Waals surface area contributed by atoms with Gasteiger partial charge in [-0.05, 0) is 66.7 Å². The van der Waals surface area contributed by atoms with Gasteiger partial charge in [0.1, 0.15) is 23.0 Å². The monoisotopic (exact) mass is 764 g/mol. The summed E-state index contributed by atoms with van der Waals surface area (Å²) in [7, 11) is 3.16. The molecule has 3 aromatic rings. The number of carbonyl (C=O) groups excluding carboxylic acids is 1. The normalized spacial score (nSPS) is 19.6. The Morgan fingerprint density at radius 1 is 0.852 bits per heavy atom. The fourth-order valence-corrected chi connectivity index (χ4v) is 8.14. The zero-order valence-corrected chi connectivity index (χ0v) is 30.4. The summed E-state index contributed by atoms with van der Waals surface area (Å²) < 4.78 is 94.1. The van der Waals surface area contributed by atoms with Crippen LogP contribution in [0, 0.1) is 5.41 Å². The maximum atomic E-state index is 14.5. The van der Waals surface area contributed by atoms with E-state index in [1.54, 1.807) is 38.5 Å². The van der Waals surface area contributed by atoms with E-state index < -0.39 is 68.2 Å². The van der Waals surface area contributed by atoms with E-state index in [2.05, 4.69) is 15.1 Å². The second kappa shape index (κ2) is 16.0. The average molecular weight is 765 g/mol. The Hall–Kier alpha value is -4.08. The molecule has 9 nitrogen and oxygen atoms in total. The minimum absolute atomic E-state index is 0.350. The Labute approximate surface area is 310 Å². The minimum atomic E-state index is -5.12. The number of carboxylic acids is 1. The van der Waals surface area contributed by atoms with Crippen LogP contribution in [-0.4, -0.2) is 116 Å². The predicted molar refractivity (Wildman–Crippen MR) is 190 cm³/mol. The van der Waals surface area contributed by atoms with Gasteiger partial charge in [-0.15, -0.1) is 0 Å². The molecule has 0 radical (unpaired) electrons. The van der Waals surface area contributed by atoms with Crippen molar-refractivity contribution in [1.29, 1.82) is 0 Å². The van der Waals surface area contributed by atoms with Crippen molar-refractivity contribution in [2.45, 2.75) is 69.5 Å². The minimum Gasteiger partial charge on any atom is -0.496 e. The van der Waals surface area contributed by atoms with E-state index in [-0.39, 0.29) is 6.42 Å². The first kappa shape index (κ1) is 39.6. The summed E-state index contributed by atoms with van der Waals surface area (Å²) in [5.41, 5.74) is -0.175. The number of ether oxygens (including phenoxy) is 2. The molecule has 2 saturated heterocycles. The number of piperidine rings is 1. The lowest BCUT2D eigenvalue weighted by atomic mass is 9.76. The molecule has 0 spiro atoms. The fourth-order valence-electron chi connectivity index (χ4n) is 8.14. The van der Waals surface area contributed by atoms with E-state index in [4.69, 9.17) is 9.47 Å². The van der Waals surface area contributed by atoms with Gasteiger partial charge in [0.25, 0.3) is 0 Å². The van der Waals surface area contributed by atoms with Crippen molar-refractivity contribution < 1.29 is 50.5 Å². The van der Waals surface area contributed by atoms with Crippen molar-refractivity contribution in [3.05, 3.63) is 59.7 Å². The second-order valence-corrected chi connectivity index (χ2v) is 14.6. The van der Waals surface area contributed by atoms with Gasteiger partial charge in [-0.1, -0.05) is 48.9 Å². The van der Waals surface area contributed by atoms with Crippen molar-refractivity contribution in [1.82, 2.24) is 20.0 Å². The van der Waals surface area contributed by atoms with Gasteiger partial charge in [-0.3, -0.25) is 19.5 Å². The number of hydrogen-bond acceptors (Lipinski definition) is 7. The molecule has 0 bridgehead atoms. The number of halogens is 6. The van der Waals surface area contributed by atoms with E-state index in [9.17, 15) is 41.0 Å². The zero-order chi connectivity index (χ0) is 38.8. The van der Waals surface area contributed by atoms with Crippen LogP contribution in [0.3, 0.4) is 0 Å². The summed E-state index contributed by atoms with van der Waals surface area (Å²) >= 11 is 0. The van der Waals surface area contributed by atoms with Crippen molar-refractivity contribution >= 4 is 22.6 Å². The predicted octanol–water partition coefficient (Wildman–Crippen LogP) is 6.51. The molecule has 1 aliphatic carbocycles. The molecular formula is C39H46F6N4O5. The summed E-state index contributed by atoms with van der Waals surface area (Å²) in [6.45, 7) is 1.90. The Morgan fingerprint density at radius 3 is 2.09 bits per heavy atom. The van der Waals surface area contributed by atoms with E-state index >= 15 is 0 Å². The van der Waals surface area contributed by atoms with Gasteiger partial charge in [0.2, 0.25) is 5.91 Å². The van der Waals surface area contributed by atoms with Gasteiger partial charge in [0.15, 0.2) is 0 Å². The second-order valence-electron chi connectivity index (χ2n) is 14.6. The van der Waals surface area contributed by atoms with Crippen LogP contribution >= 0.6 is 0 Å². The fraction of sp³-hybridized carbons (Fsp3) is 0.538. The third-order valence-corrected chi connectivity index (χ3v) is 11.4. The molecule has 3 fully saturated rings. The highest BCUT2D eigenvalue weighted by Gasteiger charge is 2.61. The Kier molecular flexibility index (Phi) is 11.7. The summed E-state index contributed by atoms with van der Waals surface area (Å²) in [5.74, 6) is -1.93. The number of nitrogens with one attached hydrogen (secondary N) is 1. The van der Waals surface area contributed by atoms with Gasteiger partial charge in [0.05, 0.1) is 26.3 Å². The molecule has 1 saturated carbocycles. The number of amides is 1. The van der Waals surface area contributed by atoms with Crippen LogP contribution in [0.25, 0.3) is 21.9 Å². The van der Waals surface area contributed by atoms with Crippen LogP contribution in [-0.2, 0) is 22.6 Å². The Bertz CT molecular complexity index is 1820.